The van der Waals surface area contributed by atoms with Crippen LogP contribution in [0.25, 0.3) is 0 Å². The van der Waals surface area contributed by atoms with Crippen molar-refractivity contribution in [1.29, 1.82) is 0 Å². The molecule has 0 saturated carbocycles. The van der Waals surface area contributed by atoms with Crippen LogP contribution in [-0.4, -0.2) is 25.3 Å². The van der Waals surface area contributed by atoms with Crippen molar-refractivity contribution in [2.45, 2.75) is 53.1 Å². The fourth-order valence-corrected chi connectivity index (χ4v) is 1.73. The molecule has 0 amide bonds. The highest BCUT2D eigenvalue weighted by Gasteiger charge is 2.27. The lowest BCUT2D eigenvalue weighted by molar-refractivity contribution is 0.170. The van der Waals surface area contributed by atoms with Crippen LogP contribution in [0.1, 0.15) is 41.0 Å². The van der Waals surface area contributed by atoms with E-state index < -0.39 is 0 Å². The minimum absolute atomic E-state index is 0.341. The van der Waals surface area contributed by atoms with Crippen molar-refractivity contribution in [2.75, 3.05) is 13.2 Å². The van der Waals surface area contributed by atoms with Gasteiger partial charge in [0.2, 0.25) is 0 Å². The third-order valence-electron chi connectivity index (χ3n) is 3.48. The average Bonchev–Trinajstić information content (AvgIpc) is 2.53. The zero-order valence-electron chi connectivity index (χ0n) is 10.3. The van der Waals surface area contributed by atoms with Gasteiger partial charge in [-0.25, -0.2) is 0 Å². The number of hydrogen-bond acceptors (Lipinski definition) is 2. The van der Waals surface area contributed by atoms with Crippen LogP contribution >= 0.6 is 0 Å². The Bertz CT molecular complexity index is 168. The number of hydrogen-bond donors (Lipinski definition) is 1. The van der Waals surface area contributed by atoms with E-state index in [1.165, 1.54) is 6.42 Å². The van der Waals surface area contributed by atoms with E-state index in [1.807, 2.05) is 0 Å². The maximum atomic E-state index is 5.41. The molecular formula is C12H25NO. The van der Waals surface area contributed by atoms with Crippen LogP contribution < -0.4 is 5.32 Å². The summed E-state index contributed by atoms with van der Waals surface area (Å²) in [6.45, 7) is 13.3. The molecule has 3 atom stereocenters. The van der Waals surface area contributed by atoms with Crippen molar-refractivity contribution >= 4 is 0 Å². The Kier molecular flexibility index (Phi) is 3.96. The topological polar surface area (TPSA) is 21.3 Å². The first-order valence-corrected chi connectivity index (χ1v) is 5.75. The van der Waals surface area contributed by atoms with Gasteiger partial charge in [0.1, 0.15) is 0 Å². The highest BCUT2D eigenvalue weighted by molar-refractivity contribution is 4.83. The van der Waals surface area contributed by atoms with Crippen LogP contribution in [-0.2, 0) is 4.74 Å². The predicted molar refractivity (Wildman–Crippen MR) is 60.4 cm³/mol. The van der Waals surface area contributed by atoms with Gasteiger partial charge in [-0.3, -0.25) is 0 Å². The maximum Gasteiger partial charge on any atom is 0.0509 e. The van der Waals surface area contributed by atoms with Gasteiger partial charge < -0.3 is 10.1 Å². The van der Waals surface area contributed by atoms with E-state index in [0.29, 0.717) is 23.4 Å². The molecule has 1 aliphatic rings. The highest BCUT2D eigenvalue weighted by Crippen LogP contribution is 2.22. The molecule has 2 heteroatoms. The van der Waals surface area contributed by atoms with E-state index in [1.54, 1.807) is 0 Å². The summed E-state index contributed by atoms with van der Waals surface area (Å²) in [5.74, 6) is 0.708. The minimum atomic E-state index is 0.341. The summed E-state index contributed by atoms with van der Waals surface area (Å²) >= 11 is 0. The number of rotatable bonds is 3. The molecule has 1 heterocycles. The second kappa shape index (κ2) is 4.63. The van der Waals surface area contributed by atoms with Gasteiger partial charge in [-0.1, -0.05) is 20.8 Å². The molecule has 1 N–H and O–H groups in total. The molecule has 84 valence electrons. The lowest BCUT2D eigenvalue weighted by atomic mass is 9.86. The van der Waals surface area contributed by atoms with E-state index in [0.717, 1.165) is 13.2 Å². The van der Waals surface area contributed by atoms with Crippen molar-refractivity contribution in [3.63, 3.8) is 0 Å². The Balaban J connectivity index is 2.35. The molecular weight excluding hydrogens is 174 g/mol. The van der Waals surface area contributed by atoms with Crippen LogP contribution in [0.4, 0.5) is 0 Å². The third kappa shape index (κ3) is 3.25. The van der Waals surface area contributed by atoms with E-state index >= 15 is 0 Å². The Morgan fingerprint density at radius 3 is 2.36 bits per heavy atom. The minimum Gasteiger partial charge on any atom is -0.381 e. The third-order valence-corrected chi connectivity index (χ3v) is 3.48. The SMILES string of the molecule is CC(NC(C)C(C)(C)C)C1CCOC1. The molecule has 1 fully saturated rings. The predicted octanol–water partition coefficient (Wildman–Crippen LogP) is 2.44. The van der Waals surface area contributed by atoms with Crippen molar-refractivity contribution in [3.05, 3.63) is 0 Å². The van der Waals surface area contributed by atoms with Gasteiger partial charge in [0, 0.05) is 18.7 Å². The summed E-state index contributed by atoms with van der Waals surface area (Å²) in [6.07, 6.45) is 1.21. The Morgan fingerprint density at radius 2 is 1.93 bits per heavy atom. The summed E-state index contributed by atoms with van der Waals surface area (Å²) in [6, 6.07) is 1.13. The van der Waals surface area contributed by atoms with E-state index in [-0.39, 0.29) is 0 Å². The quantitative estimate of drug-likeness (QED) is 0.754. The molecule has 14 heavy (non-hydrogen) atoms. The van der Waals surface area contributed by atoms with Gasteiger partial charge in [0.05, 0.1) is 6.61 Å². The Hall–Kier alpha value is -0.0800. The first kappa shape index (κ1) is 12.0. The molecule has 0 aromatic rings. The van der Waals surface area contributed by atoms with Gasteiger partial charge in [-0.2, -0.15) is 0 Å². The van der Waals surface area contributed by atoms with Crippen LogP contribution in [0.5, 0.6) is 0 Å². The smallest absolute Gasteiger partial charge is 0.0509 e. The summed E-state index contributed by atoms with van der Waals surface area (Å²) in [4.78, 5) is 0. The summed E-state index contributed by atoms with van der Waals surface area (Å²) in [5.41, 5.74) is 0.341. The standard InChI is InChI=1S/C12H25NO/c1-9(11-6-7-14-8-11)13-10(2)12(3,4)5/h9-11,13H,6-8H2,1-5H3. The molecule has 2 nitrogen and oxygen atoms in total. The van der Waals surface area contributed by atoms with Crippen LogP contribution in [0.15, 0.2) is 0 Å². The molecule has 0 aliphatic carbocycles. The van der Waals surface area contributed by atoms with E-state index in [9.17, 15) is 0 Å². The molecule has 1 aliphatic heterocycles. The highest BCUT2D eigenvalue weighted by atomic mass is 16.5. The first-order valence-electron chi connectivity index (χ1n) is 5.75. The monoisotopic (exact) mass is 199 g/mol. The summed E-state index contributed by atoms with van der Waals surface area (Å²) < 4.78 is 5.41. The van der Waals surface area contributed by atoms with Gasteiger partial charge in [-0.05, 0) is 31.6 Å². The van der Waals surface area contributed by atoms with E-state index in [4.69, 9.17) is 4.74 Å². The van der Waals surface area contributed by atoms with Crippen molar-refractivity contribution < 1.29 is 4.74 Å². The second-order valence-electron chi connectivity index (χ2n) is 5.67. The molecule has 3 unspecified atom stereocenters. The van der Waals surface area contributed by atoms with Gasteiger partial charge in [-0.15, -0.1) is 0 Å². The summed E-state index contributed by atoms with van der Waals surface area (Å²) in [7, 11) is 0. The Morgan fingerprint density at radius 1 is 1.29 bits per heavy atom. The van der Waals surface area contributed by atoms with E-state index in [2.05, 4.69) is 39.9 Å². The lowest BCUT2D eigenvalue weighted by Gasteiger charge is -2.32. The zero-order chi connectivity index (χ0) is 10.8. The second-order valence-corrected chi connectivity index (χ2v) is 5.67. The fourth-order valence-electron chi connectivity index (χ4n) is 1.73. The van der Waals surface area contributed by atoms with Crippen LogP contribution in [0.3, 0.4) is 0 Å². The average molecular weight is 199 g/mol. The van der Waals surface area contributed by atoms with Gasteiger partial charge in [0.25, 0.3) is 0 Å². The molecule has 0 aromatic carbocycles. The van der Waals surface area contributed by atoms with Gasteiger partial charge >= 0.3 is 0 Å². The van der Waals surface area contributed by atoms with Crippen molar-refractivity contribution in [1.82, 2.24) is 5.32 Å². The Labute approximate surface area is 88.4 Å². The number of nitrogens with one attached hydrogen (secondary N) is 1. The molecule has 1 saturated heterocycles. The normalized spacial score (nSPS) is 27.6. The molecule has 1 rings (SSSR count). The molecule has 0 aromatic heterocycles. The molecule has 0 spiro atoms. The van der Waals surface area contributed by atoms with Gasteiger partial charge in [0.15, 0.2) is 0 Å². The lowest BCUT2D eigenvalue weighted by Crippen LogP contribution is -2.45. The maximum absolute atomic E-state index is 5.41. The first-order chi connectivity index (χ1) is 6.41. The zero-order valence-corrected chi connectivity index (χ0v) is 10.3. The summed E-state index contributed by atoms with van der Waals surface area (Å²) in [5, 5.41) is 3.68. The molecule has 0 bridgehead atoms. The van der Waals surface area contributed by atoms with Crippen LogP contribution in [0, 0.1) is 11.3 Å². The molecule has 0 radical (unpaired) electrons. The van der Waals surface area contributed by atoms with Crippen molar-refractivity contribution in [3.8, 4) is 0 Å². The largest absolute Gasteiger partial charge is 0.381 e. The van der Waals surface area contributed by atoms with Crippen molar-refractivity contribution in [2.24, 2.45) is 11.3 Å². The van der Waals surface area contributed by atoms with Crippen LogP contribution in [0.2, 0.25) is 0 Å². The fraction of sp³-hybridized carbons (Fsp3) is 1.00. The number of ether oxygens (including phenoxy) is 1.